The van der Waals surface area contributed by atoms with E-state index in [0.717, 1.165) is 11.1 Å². The molecule has 2 aromatic rings. The van der Waals surface area contributed by atoms with Crippen LogP contribution in [0.1, 0.15) is 43.7 Å². The van der Waals surface area contributed by atoms with Crippen molar-refractivity contribution in [3.8, 4) is 0 Å². The maximum Gasteiger partial charge on any atom is 0.419 e. The predicted molar refractivity (Wildman–Crippen MR) is 75.0 cm³/mol. The number of hydrogen-bond acceptors (Lipinski definition) is 3. The third-order valence-corrected chi connectivity index (χ3v) is 4.36. The molecule has 1 atom stereocenters. The van der Waals surface area contributed by atoms with Crippen molar-refractivity contribution in [3.05, 3.63) is 34.3 Å². The van der Waals surface area contributed by atoms with Gasteiger partial charge in [-0.05, 0) is 36.5 Å². The molecule has 1 unspecified atom stereocenters. The average Bonchev–Trinajstić information content (AvgIpc) is 2.74. The zero-order valence-electron chi connectivity index (χ0n) is 11.3. The fraction of sp³-hybridized carbons (Fsp3) is 0.533. The summed E-state index contributed by atoms with van der Waals surface area (Å²) in [6.45, 7) is 0. The molecular weight excluding hydrogens is 240 g/mol. The third kappa shape index (κ3) is 2.21. The number of nitrogens with zero attached hydrogens (tertiary/aromatic N) is 1. The zero-order valence-corrected chi connectivity index (χ0v) is 11.3. The first-order valence-electron chi connectivity index (χ1n) is 7.02. The second-order valence-electron chi connectivity index (χ2n) is 5.58. The SMILES string of the molecule is Cn1c(=O)oc2cc(C(N)C3CCCCC3)ccc21. The van der Waals surface area contributed by atoms with Crippen molar-refractivity contribution in [2.75, 3.05) is 0 Å². The van der Waals surface area contributed by atoms with Crippen molar-refractivity contribution < 1.29 is 4.42 Å². The molecule has 1 aliphatic carbocycles. The van der Waals surface area contributed by atoms with E-state index in [1.807, 2.05) is 18.2 Å². The molecule has 0 radical (unpaired) electrons. The van der Waals surface area contributed by atoms with Crippen LogP contribution < -0.4 is 11.5 Å². The minimum Gasteiger partial charge on any atom is -0.408 e. The van der Waals surface area contributed by atoms with Gasteiger partial charge in [0.05, 0.1) is 5.52 Å². The number of aryl methyl sites for hydroxylation is 1. The molecule has 1 fully saturated rings. The highest BCUT2D eigenvalue weighted by molar-refractivity contribution is 5.73. The largest absolute Gasteiger partial charge is 0.419 e. The summed E-state index contributed by atoms with van der Waals surface area (Å²) in [5, 5.41) is 0. The van der Waals surface area contributed by atoms with Crippen molar-refractivity contribution in [2.45, 2.75) is 38.1 Å². The Kier molecular flexibility index (Phi) is 3.19. The van der Waals surface area contributed by atoms with Crippen molar-refractivity contribution in [3.63, 3.8) is 0 Å². The van der Waals surface area contributed by atoms with Crippen LogP contribution >= 0.6 is 0 Å². The monoisotopic (exact) mass is 260 g/mol. The molecule has 0 spiro atoms. The molecule has 0 saturated heterocycles. The Hall–Kier alpha value is -1.55. The van der Waals surface area contributed by atoms with Gasteiger partial charge in [-0.3, -0.25) is 4.57 Å². The van der Waals surface area contributed by atoms with Gasteiger partial charge in [-0.25, -0.2) is 4.79 Å². The summed E-state index contributed by atoms with van der Waals surface area (Å²) in [4.78, 5) is 11.5. The summed E-state index contributed by atoms with van der Waals surface area (Å²) in [6.07, 6.45) is 6.30. The standard InChI is InChI=1S/C15H20N2O2/c1-17-12-8-7-11(9-13(12)19-15(17)18)14(16)10-5-3-2-4-6-10/h7-10,14H,2-6,16H2,1H3. The molecule has 1 aromatic heterocycles. The van der Waals surface area contributed by atoms with Crippen LogP contribution in [0.3, 0.4) is 0 Å². The normalized spacial score (nSPS) is 18.8. The fourth-order valence-corrected chi connectivity index (χ4v) is 3.12. The molecule has 4 nitrogen and oxygen atoms in total. The van der Waals surface area contributed by atoms with E-state index in [0.29, 0.717) is 11.5 Å². The molecule has 0 amide bonds. The summed E-state index contributed by atoms with van der Waals surface area (Å²) in [7, 11) is 1.72. The van der Waals surface area contributed by atoms with Crippen LogP contribution in [-0.2, 0) is 7.05 Å². The van der Waals surface area contributed by atoms with Gasteiger partial charge >= 0.3 is 5.76 Å². The van der Waals surface area contributed by atoms with E-state index >= 15 is 0 Å². The Bertz CT molecular complexity index is 635. The second kappa shape index (κ2) is 4.85. The lowest BCUT2D eigenvalue weighted by molar-refractivity contribution is 0.308. The molecule has 1 aromatic carbocycles. The summed E-state index contributed by atoms with van der Waals surface area (Å²) in [5.41, 5.74) is 8.92. The van der Waals surface area contributed by atoms with Crippen LogP contribution in [0, 0.1) is 5.92 Å². The minimum absolute atomic E-state index is 0.0511. The Balaban J connectivity index is 1.94. The van der Waals surface area contributed by atoms with Crippen LogP contribution in [0.15, 0.2) is 27.4 Å². The van der Waals surface area contributed by atoms with Crippen LogP contribution in [-0.4, -0.2) is 4.57 Å². The number of rotatable bonds is 2. The van der Waals surface area contributed by atoms with Crippen LogP contribution in [0.4, 0.5) is 0 Å². The quantitative estimate of drug-likeness (QED) is 0.903. The van der Waals surface area contributed by atoms with E-state index in [4.69, 9.17) is 10.2 Å². The molecule has 1 heterocycles. The number of nitrogens with two attached hydrogens (primary N) is 1. The highest BCUT2D eigenvalue weighted by atomic mass is 16.4. The highest BCUT2D eigenvalue weighted by Crippen LogP contribution is 2.33. The van der Waals surface area contributed by atoms with Gasteiger partial charge in [0.25, 0.3) is 0 Å². The van der Waals surface area contributed by atoms with E-state index in [9.17, 15) is 4.79 Å². The summed E-state index contributed by atoms with van der Waals surface area (Å²) < 4.78 is 6.75. The molecule has 102 valence electrons. The zero-order chi connectivity index (χ0) is 13.4. The van der Waals surface area contributed by atoms with Crippen LogP contribution in [0.2, 0.25) is 0 Å². The molecule has 1 aliphatic rings. The smallest absolute Gasteiger partial charge is 0.408 e. The van der Waals surface area contributed by atoms with Gasteiger partial charge in [0.15, 0.2) is 5.58 Å². The van der Waals surface area contributed by atoms with Crippen molar-refractivity contribution in [1.29, 1.82) is 0 Å². The van der Waals surface area contributed by atoms with E-state index in [-0.39, 0.29) is 11.8 Å². The van der Waals surface area contributed by atoms with Crippen molar-refractivity contribution in [1.82, 2.24) is 4.57 Å². The fourth-order valence-electron chi connectivity index (χ4n) is 3.12. The van der Waals surface area contributed by atoms with Gasteiger partial charge in [0.2, 0.25) is 0 Å². The Morgan fingerprint density at radius 1 is 1.32 bits per heavy atom. The molecule has 1 saturated carbocycles. The minimum atomic E-state index is -0.321. The maximum absolute atomic E-state index is 11.5. The van der Waals surface area contributed by atoms with E-state index in [2.05, 4.69) is 0 Å². The molecule has 4 heteroatoms. The number of aromatic nitrogens is 1. The predicted octanol–water partition coefficient (Wildman–Crippen LogP) is 2.71. The molecule has 2 N–H and O–H groups in total. The molecule has 3 rings (SSSR count). The van der Waals surface area contributed by atoms with Gasteiger partial charge in [-0.2, -0.15) is 0 Å². The average molecular weight is 260 g/mol. The van der Waals surface area contributed by atoms with Gasteiger partial charge in [0.1, 0.15) is 0 Å². The lowest BCUT2D eigenvalue weighted by atomic mass is 9.81. The van der Waals surface area contributed by atoms with E-state index in [1.165, 1.54) is 36.7 Å². The lowest BCUT2D eigenvalue weighted by Crippen LogP contribution is -2.23. The van der Waals surface area contributed by atoms with Crippen LogP contribution in [0.25, 0.3) is 11.1 Å². The lowest BCUT2D eigenvalue weighted by Gasteiger charge is -2.27. The van der Waals surface area contributed by atoms with Gasteiger partial charge in [-0.1, -0.05) is 25.3 Å². The Labute approximate surface area is 112 Å². The third-order valence-electron chi connectivity index (χ3n) is 4.36. The van der Waals surface area contributed by atoms with Gasteiger partial charge < -0.3 is 10.2 Å². The van der Waals surface area contributed by atoms with E-state index < -0.39 is 0 Å². The first-order chi connectivity index (χ1) is 9.16. The molecule has 0 bridgehead atoms. The molecule has 19 heavy (non-hydrogen) atoms. The number of fused-ring (bicyclic) bond motifs is 1. The maximum atomic E-state index is 11.5. The first-order valence-corrected chi connectivity index (χ1v) is 7.02. The Morgan fingerprint density at radius 3 is 2.79 bits per heavy atom. The van der Waals surface area contributed by atoms with E-state index in [1.54, 1.807) is 7.05 Å². The molecule has 0 aliphatic heterocycles. The summed E-state index contributed by atoms with van der Waals surface area (Å²) in [5.74, 6) is 0.236. The number of hydrogen-bond donors (Lipinski definition) is 1. The topological polar surface area (TPSA) is 61.2 Å². The van der Waals surface area contributed by atoms with Crippen LogP contribution in [0.5, 0.6) is 0 Å². The number of oxazole rings is 1. The summed E-state index contributed by atoms with van der Waals surface area (Å²) in [6, 6.07) is 5.93. The molecular formula is C15H20N2O2. The number of benzene rings is 1. The summed E-state index contributed by atoms with van der Waals surface area (Å²) >= 11 is 0. The highest BCUT2D eigenvalue weighted by Gasteiger charge is 2.22. The van der Waals surface area contributed by atoms with Crippen molar-refractivity contribution >= 4 is 11.1 Å². The Morgan fingerprint density at radius 2 is 2.05 bits per heavy atom. The second-order valence-corrected chi connectivity index (χ2v) is 5.58. The first kappa shape index (κ1) is 12.5. The van der Waals surface area contributed by atoms with Gasteiger partial charge in [-0.15, -0.1) is 0 Å². The van der Waals surface area contributed by atoms with Crippen molar-refractivity contribution in [2.24, 2.45) is 18.7 Å². The van der Waals surface area contributed by atoms with Gasteiger partial charge in [0, 0.05) is 13.1 Å².